The molecular formula is C44H38Cl4N8O6S. The average Bonchev–Trinajstić information content (AvgIpc) is 3.81. The molecule has 4 amide bonds. The molecule has 0 radical (unpaired) electrons. The fourth-order valence-electron chi connectivity index (χ4n) is 7.76. The van der Waals surface area contributed by atoms with Gasteiger partial charge >= 0.3 is 11.4 Å². The molecule has 14 nitrogen and oxygen atoms in total. The Balaban J connectivity index is 1.18. The summed E-state index contributed by atoms with van der Waals surface area (Å²) >= 11 is 29.8. The predicted octanol–water partition coefficient (Wildman–Crippen LogP) is 7.53. The van der Waals surface area contributed by atoms with Crippen molar-refractivity contribution < 1.29 is 19.2 Å². The van der Waals surface area contributed by atoms with Gasteiger partial charge in [-0.2, -0.15) is 0 Å². The highest BCUT2D eigenvalue weighted by molar-refractivity contribution is 7.99. The van der Waals surface area contributed by atoms with Crippen LogP contribution in [-0.4, -0.2) is 116 Å². The Labute approximate surface area is 383 Å². The number of halogens is 4. The summed E-state index contributed by atoms with van der Waals surface area (Å²) in [7, 11) is 0. The Hall–Kier alpha value is -5.71. The summed E-state index contributed by atoms with van der Waals surface area (Å²) in [4.78, 5) is 93.8. The molecule has 4 N–H and O–H groups in total. The first-order valence-electron chi connectivity index (χ1n) is 19.8. The summed E-state index contributed by atoms with van der Waals surface area (Å²) in [6.07, 6.45) is 6.24. The number of carbonyl (C=O) groups is 4. The zero-order valence-electron chi connectivity index (χ0n) is 33.7. The summed E-state index contributed by atoms with van der Waals surface area (Å²) in [6.45, 7) is 6.35. The number of carbonyl (C=O) groups excluding carboxylic acids is 4. The fraction of sp³-hybridized carbons (Fsp3) is 0.227. The summed E-state index contributed by atoms with van der Waals surface area (Å²) in [5.41, 5.74) is 4.27. The number of piperazine rings is 2. The first-order valence-corrected chi connectivity index (χ1v) is 22.1. The van der Waals surface area contributed by atoms with E-state index in [0.717, 1.165) is 0 Å². The molecule has 0 aliphatic carbocycles. The Morgan fingerprint density at radius 3 is 1.21 bits per heavy atom. The smallest absolute Gasteiger partial charge is 0.323 e. The van der Waals surface area contributed by atoms with Crippen molar-refractivity contribution in [1.82, 2.24) is 39.5 Å². The van der Waals surface area contributed by atoms with Gasteiger partial charge < -0.3 is 39.5 Å². The zero-order valence-corrected chi connectivity index (χ0v) is 37.6. The molecule has 6 aromatic rings. The molecule has 324 valence electrons. The second-order valence-corrected chi connectivity index (χ2v) is 17.7. The number of aromatic amines is 4. The minimum atomic E-state index is -0.410. The van der Waals surface area contributed by atoms with Crippen LogP contribution in [0.2, 0.25) is 20.1 Å². The van der Waals surface area contributed by atoms with Gasteiger partial charge in [0.2, 0.25) is 23.6 Å². The van der Waals surface area contributed by atoms with Gasteiger partial charge in [0, 0.05) is 110 Å². The van der Waals surface area contributed by atoms with E-state index in [9.17, 15) is 28.8 Å². The largest absolute Gasteiger partial charge is 0.339 e. The molecule has 2 aliphatic heterocycles. The quantitative estimate of drug-likeness (QED) is 0.114. The van der Waals surface area contributed by atoms with Gasteiger partial charge in [-0.1, -0.05) is 70.3 Å². The third-order valence-corrected chi connectivity index (χ3v) is 13.9. The van der Waals surface area contributed by atoms with Crippen molar-refractivity contribution in [2.75, 3.05) is 52.4 Å². The molecule has 2 aromatic heterocycles. The van der Waals surface area contributed by atoms with Gasteiger partial charge in [-0.15, -0.1) is 0 Å². The molecule has 4 aromatic carbocycles. The highest BCUT2D eigenvalue weighted by atomic mass is 35.5. The van der Waals surface area contributed by atoms with Gasteiger partial charge in [0.15, 0.2) is 0 Å². The number of hydrogen-bond acceptors (Lipinski definition) is 7. The monoisotopic (exact) mass is 946 g/mol. The lowest BCUT2D eigenvalue weighted by Crippen LogP contribution is -2.49. The van der Waals surface area contributed by atoms with Crippen molar-refractivity contribution in [3.05, 3.63) is 113 Å². The molecular weight excluding hydrogens is 910 g/mol. The first-order chi connectivity index (χ1) is 30.1. The van der Waals surface area contributed by atoms with Crippen molar-refractivity contribution in [3.8, 4) is 22.3 Å². The molecule has 8 rings (SSSR count). The Morgan fingerprint density at radius 2 is 0.857 bits per heavy atom. The molecule has 2 aliphatic rings. The van der Waals surface area contributed by atoms with E-state index in [0.29, 0.717) is 128 Å². The van der Waals surface area contributed by atoms with Crippen LogP contribution in [0.15, 0.2) is 80.1 Å². The van der Waals surface area contributed by atoms with Gasteiger partial charge in [0.25, 0.3) is 0 Å². The van der Waals surface area contributed by atoms with Gasteiger partial charge in [-0.05, 0) is 59.7 Å². The number of nitrogens with zero attached hydrogens (tertiary/aromatic N) is 4. The fourth-order valence-corrected chi connectivity index (χ4v) is 9.94. The molecule has 0 unspecified atom stereocenters. The van der Waals surface area contributed by atoms with Crippen LogP contribution in [0.3, 0.4) is 0 Å². The number of H-pyrrole nitrogens is 4. The summed E-state index contributed by atoms with van der Waals surface area (Å²) < 4.78 is 0. The number of amides is 4. The summed E-state index contributed by atoms with van der Waals surface area (Å²) in [5, 5.41) is 1.15. The van der Waals surface area contributed by atoms with Crippen molar-refractivity contribution in [2.24, 2.45) is 0 Å². The molecule has 0 atom stereocenters. The molecule has 0 spiro atoms. The Kier molecular flexibility index (Phi) is 12.7. The third kappa shape index (κ3) is 9.20. The van der Waals surface area contributed by atoms with Gasteiger partial charge in [0.05, 0.1) is 42.2 Å². The predicted molar refractivity (Wildman–Crippen MR) is 249 cm³/mol. The lowest BCUT2D eigenvalue weighted by Gasteiger charge is -2.33. The molecule has 63 heavy (non-hydrogen) atoms. The van der Waals surface area contributed by atoms with E-state index in [1.807, 2.05) is 12.1 Å². The highest BCUT2D eigenvalue weighted by Gasteiger charge is 2.25. The highest BCUT2D eigenvalue weighted by Crippen LogP contribution is 2.48. The maximum absolute atomic E-state index is 13.4. The lowest BCUT2D eigenvalue weighted by molar-refractivity contribution is -0.135. The summed E-state index contributed by atoms with van der Waals surface area (Å²) in [6, 6.07) is 13.9. The molecule has 0 bridgehead atoms. The molecule has 0 saturated carbocycles. The van der Waals surface area contributed by atoms with E-state index in [2.05, 4.69) is 19.9 Å². The van der Waals surface area contributed by atoms with Crippen LogP contribution in [0.4, 0.5) is 0 Å². The van der Waals surface area contributed by atoms with Crippen molar-refractivity contribution in [3.63, 3.8) is 0 Å². The van der Waals surface area contributed by atoms with Crippen LogP contribution in [0.5, 0.6) is 0 Å². The number of benzene rings is 4. The van der Waals surface area contributed by atoms with E-state index >= 15 is 0 Å². The number of fused-ring (bicyclic) bond motifs is 2. The molecule has 4 heterocycles. The maximum Gasteiger partial charge on any atom is 0.323 e. The summed E-state index contributed by atoms with van der Waals surface area (Å²) in [5.74, 6) is -0.549. The Morgan fingerprint density at radius 1 is 0.524 bits per heavy atom. The maximum atomic E-state index is 13.4. The van der Waals surface area contributed by atoms with Crippen LogP contribution >= 0.6 is 58.2 Å². The minimum absolute atomic E-state index is 0.0397. The molecule has 2 fully saturated rings. The zero-order chi connectivity index (χ0) is 44.7. The minimum Gasteiger partial charge on any atom is -0.339 e. The van der Waals surface area contributed by atoms with E-state index < -0.39 is 11.4 Å². The van der Waals surface area contributed by atoms with E-state index in [1.54, 1.807) is 68.1 Å². The number of rotatable bonds is 8. The third-order valence-electron chi connectivity index (χ3n) is 11.1. The van der Waals surface area contributed by atoms with Gasteiger partial charge in [0.1, 0.15) is 0 Å². The molecule has 19 heteroatoms. The average molecular weight is 949 g/mol. The van der Waals surface area contributed by atoms with E-state index in [4.69, 9.17) is 46.4 Å². The number of hydrogen-bond donors (Lipinski definition) is 4. The topological polar surface area (TPSA) is 179 Å². The number of aromatic nitrogens is 4. The van der Waals surface area contributed by atoms with E-state index in [1.165, 1.54) is 37.8 Å². The van der Waals surface area contributed by atoms with Crippen LogP contribution in [0.25, 0.3) is 56.5 Å². The Bertz CT molecular complexity index is 2830. The molecule has 2 saturated heterocycles. The van der Waals surface area contributed by atoms with Gasteiger partial charge in [-0.3, -0.25) is 19.2 Å². The van der Waals surface area contributed by atoms with Crippen molar-refractivity contribution in [1.29, 1.82) is 0 Å². The van der Waals surface area contributed by atoms with Crippen LogP contribution in [0, 0.1) is 0 Å². The number of nitrogens with one attached hydrogen (secondary N) is 4. The van der Waals surface area contributed by atoms with Crippen LogP contribution in [0.1, 0.15) is 25.0 Å². The van der Waals surface area contributed by atoms with Crippen LogP contribution < -0.4 is 11.4 Å². The second kappa shape index (κ2) is 18.2. The van der Waals surface area contributed by atoms with Crippen LogP contribution in [-0.2, 0) is 19.2 Å². The normalized spacial score (nSPS) is 14.8. The standard InChI is InChI=1S/C44H38Cl4N8O6S/c1-23(57)53-11-15-55(16-12-53)37(59)9-5-25-3-7-35(41(47)39(25)27-19-31-33(21-29(27)45)51-43(61)49-31)63-36-8-4-26(6-10-38(60)56-17-13-54(14-18-56)24(2)58)40(42(36)48)28-20-32-34(22-30(28)46)52-44(62)50-32/h3-10,19-22H,11-18H2,1-2H3,(H2,49,51,61)(H2,50,52,62). The van der Waals surface area contributed by atoms with E-state index in [-0.39, 0.29) is 33.7 Å². The first kappa shape index (κ1) is 43.9. The van der Waals surface area contributed by atoms with Gasteiger partial charge in [-0.25, -0.2) is 9.59 Å². The van der Waals surface area contributed by atoms with Crippen molar-refractivity contribution >= 4 is 116 Å². The number of imidazole rings is 2. The SMILES string of the molecule is CC(=O)N1CCN(C(=O)C=Cc2ccc(Sc3ccc(C=CC(=O)N4CCN(C(C)=O)CC4)c(-c4cc5[nH]c(=O)[nH]c5cc4Cl)c3Cl)c(Cl)c2-c2cc3[nH]c(=O)[nH]c3cc2Cl)CC1. The lowest BCUT2D eigenvalue weighted by atomic mass is 9.98. The second-order valence-electron chi connectivity index (χ2n) is 15.0. The van der Waals surface area contributed by atoms with Crippen molar-refractivity contribution in [2.45, 2.75) is 23.6 Å².